The molecule has 2 heterocycles. The zero-order chi connectivity index (χ0) is 22.7. The van der Waals surface area contributed by atoms with Crippen molar-refractivity contribution < 1.29 is 14.1 Å². The molecule has 0 saturated heterocycles. The number of nitrogens with one attached hydrogen (secondary N) is 1. The van der Waals surface area contributed by atoms with Gasteiger partial charge in [0.25, 0.3) is 5.56 Å². The van der Waals surface area contributed by atoms with E-state index >= 15 is 0 Å². The fourth-order valence-electron chi connectivity index (χ4n) is 3.13. The lowest BCUT2D eigenvalue weighted by atomic mass is 10.2. The van der Waals surface area contributed by atoms with E-state index in [9.17, 15) is 9.59 Å². The first-order chi connectivity index (χ1) is 15.5. The van der Waals surface area contributed by atoms with Crippen LogP contribution in [0.2, 0.25) is 0 Å². The van der Waals surface area contributed by atoms with Gasteiger partial charge in [-0.25, -0.2) is 4.98 Å². The monoisotopic (exact) mass is 450 g/mol. The van der Waals surface area contributed by atoms with Crippen molar-refractivity contribution in [1.29, 1.82) is 0 Å². The first kappa shape index (κ1) is 21.6. The van der Waals surface area contributed by atoms with Crippen LogP contribution in [0.4, 0.5) is 5.88 Å². The Bertz CT molecular complexity index is 1310. The molecule has 1 unspecified atom stereocenters. The highest BCUT2D eigenvalue weighted by Crippen LogP contribution is 2.27. The smallest absolute Gasteiger partial charge is 0.266 e. The molecule has 0 aliphatic heterocycles. The van der Waals surface area contributed by atoms with Gasteiger partial charge in [-0.1, -0.05) is 29.1 Å². The van der Waals surface area contributed by atoms with E-state index in [4.69, 9.17) is 9.26 Å². The first-order valence-corrected chi connectivity index (χ1v) is 11.0. The second-order valence-corrected chi connectivity index (χ2v) is 8.37. The lowest BCUT2D eigenvalue weighted by Crippen LogP contribution is -2.26. The normalized spacial score (nSPS) is 12.0. The largest absolute Gasteiger partial charge is 0.494 e. The van der Waals surface area contributed by atoms with Gasteiger partial charge < -0.3 is 9.26 Å². The maximum atomic E-state index is 13.4. The number of thioether (sulfide) groups is 1. The van der Waals surface area contributed by atoms with Crippen molar-refractivity contribution in [3.63, 3.8) is 0 Å². The number of aryl methyl sites for hydroxylation is 1. The van der Waals surface area contributed by atoms with Gasteiger partial charge in [0.1, 0.15) is 5.75 Å². The van der Waals surface area contributed by atoms with Crippen LogP contribution in [0.25, 0.3) is 16.6 Å². The van der Waals surface area contributed by atoms with Gasteiger partial charge in [-0.15, -0.1) is 0 Å². The van der Waals surface area contributed by atoms with Crippen molar-refractivity contribution in [3.8, 4) is 11.4 Å². The number of anilines is 1. The summed E-state index contributed by atoms with van der Waals surface area (Å²) < 4.78 is 12.1. The van der Waals surface area contributed by atoms with Crippen LogP contribution < -0.4 is 15.6 Å². The minimum absolute atomic E-state index is 0.208. The van der Waals surface area contributed by atoms with Crippen molar-refractivity contribution in [3.05, 3.63) is 70.6 Å². The Morgan fingerprint density at radius 2 is 1.97 bits per heavy atom. The van der Waals surface area contributed by atoms with Gasteiger partial charge in [0.05, 0.1) is 34.1 Å². The van der Waals surface area contributed by atoms with Gasteiger partial charge >= 0.3 is 0 Å². The first-order valence-electron chi connectivity index (χ1n) is 10.1. The molecule has 1 N–H and O–H groups in total. The van der Waals surface area contributed by atoms with Gasteiger partial charge in [-0.05, 0) is 57.2 Å². The highest BCUT2D eigenvalue weighted by Gasteiger charge is 2.21. The fourth-order valence-corrected chi connectivity index (χ4v) is 4.06. The third-order valence-corrected chi connectivity index (χ3v) is 5.73. The van der Waals surface area contributed by atoms with Crippen LogP contribution in [0.15, 0.2) is 69.1 Å². The predicted octanol–water partition coefficient (Wildman–Crippen LogP) is 4.20. The quantitative estimate of drug-likeness (QED) is 0.333. The molecule has 1 atom stereocenters. The average molecular weight is 451 g/mol. The van der Waals surface area contributed by atoms with Gasteiger partial charge in [0.2, 0.25) is 11.8 Å². The summed E-state index contributed by atoms with van der Waals surface area (Å²) >= 11 is 1.19. The Kier molecular flexibility index (Phi) is 6.27. The summed E-state index contributed by atoms with van der Waals surface area (Å²) in [6, 6.07) is 16.0. The summed E-state index contributed by atoms with van der Waals surface area (Å²) in [5, 5.41) is 6.82. The number of carbonyl (C=O) groups is 1. The van der Waals surface area contributed by atoms with E-state index in [2.05, 4.69) is 15.5 Å². The maximum Gasteiger partial charge on any atom is 0.266 e. The number of aromatic nitrogens is 3. The summed E-state index contributed by atoms with van der Waals surface area (Å²) in [7, 11) is 0. The van der Waals surface area contributed by atoms with Crippen LogP contribution in [0, 0.1) is 6.92 Å². The van der Waals surface area contributed by atoms with Crippen LogP contribution in [0.5, 0.6) is 5.75 Å². The molecule has 0 spiro atoms. The molecule has 0 radical (unpaired) electrons. The Morgan fingerprint density at radius 1 is 1.22 bits per heavy atom. The van der Waals surface area contributed by atoms with E-state index < -0.39 is 5.25 Å². The summed E-state index contributed by atoms with van der Waals surface area (Å²) in [5.74, 6) is 0.699. The number of hydrogen-bond acceptors (Lipinski definition) is 7. The summed E-state index contributed by atoms with van der Waals surface area (Å²) in [6.07, 6.45) is 0. The Hall–Kier alpha value is -3.59. The van der Waals surface area contributed by atoms with Crippen LogP contribution in [0.1, 0.15) is 19.5 Å². The van der Waals surface area contributed by atoms with Crippen LogP contribution in [0.3, 0.4) is 0 Å². The molecule has 9 heteroatoms. The zero-order valence-corrected chi connectivity index (χ0v) is 18.7. The zero-order valence-electron chi connectivity index (χ0n) is 17.9. The van der Waals surface area contributed by atoms with Crippen molar-refractivity contribution in [2.45, 2.75) is 31.2 Å². The molecule has 2 aromatic heterocycles. The standard InChI is InChI=1S/C23H22N4O4S/c1-4-30-17-11-9-16(10-12-17)27-22(29)18-7-5-6-8-19(18)24-23(27)32-15(3)21(28)25-20-13-14(2)26-31-20/h5-13,15H,4H2,1-3H3,(H,25,28). The number of rotatable bonds is 7. The van der Waals surface area contributed by atoms with E-state index in [-0.39, 0.29) is 17.4 Å². The number of para-hydroxylation sites is 1. The third-order valence-electron chi connectivity index (χ3n) is 4.68. The molecule has 0 fully saturated rings. The van der Waals surface area contributed by atoms with Crippen LogP contribution >= 0.6 is 11.8 Å². The van der Waals surface area contributed by atoms with Gasteiger partial charge in [0, 0.05) is 6.07 Å². The maximum absolute atomic E-state index is 13.4. The molecule has 4 aromatic rings. The fraction of sp³-hybridized carbons (Fsp3) is 0.217. The Labute approximate surface area is 188 Å². The molecule has 32 heavy (non-hydrogen) atoms. The molecule has 1 amide bonds. The summed E-state index contributed by atoms with van der Waals surface area (Å²) in [6.45, 7) is 5.97. The third kappa shape index (κ3) is 4.52. The predicted molar refractivity (Wildman–Crippen MR) is 124 cm³/mol. The number of ether oxygens (including phenoxy) is 1. The number of fused-ring (bicyclic) bond motifs is 1. The van der Waals surface area contributed by atoms with Gasteiger partial charge in [-0.2, -0.15) is 0 Å². The van der Waals surface area contributed by atoms with E-state index in [1.54, 1.807) is 62.4 Å². The molecule has 8 nitrogen and oxygen atoms in total. The minimum atomic E-state index is -0.553. The van der Waals surface area contributed by atoms with Crippen molar-refractivity contribution in [2.24, 2.45) is 0 Å². The molecular weight excluding hydrogens is 428 g/mol. The van der Waals surface area contributed by atoms with Crippen molar-refractivity contribution in [2.75, 3.05) is 11.9 Å². The van der Waals surface area contributed by atoms with Crippen molar-refractivity contribution >= 4 is 34.5 Å². The van der Waals surface area contributed by atoms with E-state index in [0.717, 1.165) is 0 Å². The highest BCUT2D eigenvalue weighted by molar-refractivity contribution is 8.00. The number of benzene rings is 2. The highest BCUT2D eigenvalue weighted by atomic mass is 32.2. The molecule has 0 bridgehead atoms. The van der Waals surface area contributed by atoms with E-state index in [1.807, 2.05) is 13.0 Å². The van der Waals surface area contributed by atoms with E-state index in [0.29, 0.717) is 39.8 Å². The van der Waals surface area contributed by atoms with Crippen molar-refractivity contribution in [1.82, 2.24) is 14.7 Å². The number of nitrogens with zero attached hydrogens (tertiary/aromatic N) is 3. The molecule has 0 saturated carbocycles. The molecular formula is C23H22N4O4S. The molecule has 164 valence electrons. The average Bonchev–Trinajstić information content (AvgIpc) is 3.19. The van der Waals surface area contributed by atoms with Gasteiger partial charge in [0.15, 0.2) is 5.16 Å². The minimum Gasteiger partial charge on any atom is -0.494 e. The van der Waals surface area contributed by atoms with Crippen LogP contribution in [-0.4, -0.2) is 32.5 Å². The molecule has 0 aliphatic rings. The molecule has 2 aromatic carbocycles. The van der Waals surface area contributed by atoms with Crippen LogP contribution in [-0.2, 0) is 4.79 Å². The second-order valence-electron chi connectivity index (χ2n) is 7.06. The lowest BCUT2D eigenvalue weighted by molar-refractivity contribution is -0.115. The Morgan fingerprint density at radius 3 is 2.66 bits per heavy atom. The molecule has 0 aliphatic carbocycles. The topological polar surface area (TPSA) is 99.2 Å². The second kappa shape index (κ2) is 9.27. The number of hydrogen-bond donors (Lipinski definition) is 1. The summed E-state index contributed by atoms with van der Waals surface area (Å²) in [4.78, 5) is 30.7. The number of amides is 1. The molecule has 4 rings (SSSR count). The van der Waals surface area contributed by atoms with Gasteiger partial charge in [-0.3, -0.25) is 19.5 Å². The SMILES string of the molecule is CCOc1ccc(-n2c(SC(C)C(=O)Nc3cc(C)no3)nc3ccccc3c2=O)cc1. The summed E-state index contributed by atoms with van der Waals surface area (Å²) in [5.41, 5.74) is 1.67. The Balaban J connectivity index is 1.71. The van der Waals surface area contributed by atoms with E-state index in [1.165, 1.54) is 16.3 Å². The number of carbonyl (C=O) groups excluding carboxylic acids is 1. The lowest BCUT2D eigenvalue weighted by Gasteiger charge is -2.16.